The average Bonchev–Trinajstić information content (AvgIpc) is 2.68. The highest BCUT2D eigenvalue weighted by atomic mass is 16.5. The van der Waals surface area contributed by atoms with Crippen molar-refractivity contribution in [3.05, 3.63) is 23.8 Å². The predicted octanol–water partition coefficient (Wildman–Crippen LogP) is 3.97. The Kier molecular flexibility index (Phi) is 6.39. The summed E-state index contributed by atoms with van der Waals surface area (Å²) in [6, 6.07) is 0. The molecule has 1 aliphatic rings. The van der Waals surface area contributed by atoms with Gasteiger partial charge in [-0.1, -0.05) is 44.6 Å². The molecule has 0 radical (unpaired) electrons. The van der Waals surface area contributed by atoms with Gasteiger partial charge in [-0.25, -0.2) is 0 Å². The molecule has 1 rings (SSSR count). The molecular weight excluding hydrogens is 280 g/mol. The van der Waals surface area contributed by atoms with Gasteiger partial charge in [0, 0.05) is 5.92 Å². The van der Waals surface area contributed by atoms with Gasteiger partial charge < -0.3 is 9.84 Å². The molecule has 0 aliphatic heterocycles. The summed E-state index contributed by atoms with van der Waals surface area (Å²) in [6.45, 7) is 10.5. The van der Waals surface area contributed by atoms with E-state index in [2.05, 4.69) is 39.0 Å². The van der Waals surface area contributed by atoms with Crippen molar-refractivity contribution in [1.29, 1.82) is 0 Å². The third-order valence-electron chi connectivity index (χ3n) is 4.87. The normalized spacial score (nSPS) is 23.1. The standard InChI is InChI=1S/C18H28O4/c1-12(14(3)22-17(21)11-10-16(19)20)6-8-15-9-7-13(2)18(15,4)5/h6-8,12,14-15H,9-11H2,1-5H3,(H,19,20). The van der Waals surface area contributed by atoms with E-state index in [9.17, 15) is 9.59 Å². The Morgan fingerprint density at radius 1 is 1.41 bits per heavy atom. The van der Waals surface area contributed by atoms with Crippen LogP contribution in [0.5, 0.6) is 0 Å². The van der Waals surface area contributed by atoms with Crippen molar-refractivity contribution in [2.24, 2.45) is 17.3 Å². The summed E-state index contributed by atoms with van der Waals surface area (Å²) in [4.78, 5) is 22.0. The molecule has 0 aromatic carbocycles. The van der Waals surface area contributed by atoms with Gasteiger partial charge in [0.25, 0.3) is 0 Å². The highest BCUT2D eigenvalue weighted by Crippen LogP contribution is 2.43. The molecule has 3 unspecified atom stereocenters. The number of rotatable bonds is 7. The van der Waals surface area contributed by atoms with Crippen molar-refractivity contribution in [3.63, 3.8) is 0 Å². The summed E-state index contributed by atoms with van der Waals surface area (Å²) < 4.78 is 5.28. The minimum absolute atomic E-state index is 0.0745. The van der Waals surface area contributed by atoms with E-state index in [0.717, 1.165) is 6.42 Å². The molecule has 4 nitrogen and oxygen atoms in total. The topological polar surface area (TPSA) is 63.6 Å². The summed E-state index contributed by atoms with van der Waals surface area (Å²) in [5.41, 5.74) is 1.60. The fraction of sp³-hybridized carbons (Fsp3) is 0.667. The number of ether oxygens (including phenoxy) is 1. The summed E-state index contributed by atoms with van der Waals surface area (Å²) in [7, 11) is 0. The molecular formula is C18H28O4. The van der Waals surface area contributed by atoms with Crippen LogP contribution in [0.15, 0.2) is 23.8 Å². The zero-order valence-electron chi connectivity index (χ0n) is 14.3. The van der Waals surface area contributed by atoms with Crippen LogP contribution in [0.25, 0.3) is 0 Å². The van der Waals surface area contributed by atoms with Gasteiger partial charge in [0.2, 0.25) is 0 Å². The maximum atomic E-state index is 11.6. The Hall–Kier alpha value is -1.58. The summed E-state index contributed by atoms with van der Waals surface area (Å²) in [5.74, 6) is -0.854. The van der Waals surface area contributed by atoms with E-state index in [0.29, 0.717) is 5.92 Å². The molecule has 0 amide bonds. The van der Waals surface area contributed by atoms with Crippen LogP contribution in [0.3, 0.4) is 0 Å². The first-order valence-corrected chi connectivity index (χ1v) is 7.91. The lowest BCUT2D eigenvalue weighted by Crippen LogP contribution is -2.22. The molecule has 22 heavy (non-hydrogen) atoms. The number of carbonyl (C=O) groups excluding carboxylic acids is 1. The van der Waals surface area contributed by atoms with Crippen molar-refractivity contribution in [2.75, 3.05) is 0 Å². The average molecular weight is 308 g/mol. The van der Waals surface area contributed by atoms with Gasteiger partial charge in [0.1, 0.15) is 6.10 Å². The molecule has 0 spiro atoms. The zero-order valence-corrected chi connectivity index (χ0v) is 14.3. The van der Waals surface area contributed by atoms with E-state index in [4.69, 9.17) is 9.84 Å². The lowest BCUT2D eigenvalue weighted by molar-refractivity contribution is -0.152. The van der Waals surface area contributed by atoms with E-state index in [-0.39, 0.29) is 30.3 Å². The molecule has 0 saturated carbocycles. The maximum absolute atomic E-state index is 11.6. The molecule has 0 aromatic heterocycles. The third kappa shape index (κ3) is 5.00. The molecule has 1 aliphatic carbocycles. The number of aliphatic carboxylic acids is 1. The van der Waals surface area contributed by atoms with Gasteiger partial charge in [-0.15, -0.1) is 0 Å². The highest BCUT2D eigenvalue weighted by Gasteiger charge is 2.33. The first-order valence-electron chi connectivity index (χ1n) is 7.91. The van der Waals surface area contributed by atoms with Crippen LogP contribution in [0.4, 0.5) is 0 Å². The van der Waals surface area contributed by atoms with Crippen molar-refractivity contribution in [1.82, 2.24) is 0 Å². The molecule has 0 heterocycles. The van der Waals surface area contributed by atoms with Gasteiger partial charge >= 0.3 is 11.9 Å². The second kappa shape index (κ2) is 7.61. The third-order valence-corrected chi connectivity index (χ3v) is 4.87. The summed E-state index contributed by atoms with van der Waals surface area (Å²) in [5, 5.41) is 8.56. The number of carboxylic acids is 1. The second-order valence-electron chi connectivity index (χ2n) is 6.78. The van der Waals surface area contributed by atoms with E-state index < -0.39 is 11.9 Å². The van der Waals surface area contributed by atoms with Crippen LogP contribution in [0.1, 0.15) is 53.9 Å². The maximum Gasteiger partial charge on any atom is 0.306 e. The SMILES string of the molecule is CC1=CCC(C=CC(C)C(C)OC(=O)CCC(=O)O)C1(C)C. The predicted molar refractivity (Wildman–Crippen MR) is 86.4 cm³/mol. The number of carbonyl (C=O) groups is 2. The number of esters is 1. The van der Waals surface area contributed by atoms with Crippen molar-refractivity contribution >= 4 is 11.9 Å². The van der Waals surface area contributed by atoms with Crippen LogP contribution < -0.4 is 0 Å². The number of allylic oxidation sites excluding steroid dienone is 3. The Balaban J connectivity index is 2.47. The molecule has 0 fully saturated rings. The smallest absolute Gasteiger partial charge is 0.306 e. The van der Waals surface area contributed by atoms with Crippen LogP contribution >= 0.6 is 0 Å². The van der Waals surface area contributed by atoms with Crippen LogP contribution in [0.2, 0.25) is 0 Å². The second-order valence-corrected chi connectivity index (χ2v) is 6.78. The fourth-order valence-corrected chi connectivity index (χ4v) is 2.52. The van der Waals surface area contributed by atoms with Crippen molar-refractivity contribution in [2.45, 2.75) is 60.0 Å². The zero-order chi connectivity index (χ0) is 16.9. The van der Waals surface area contributed by atoms with E-state index in [1.807, 2.05) is 13.8 Å². The first-order chi connectivity index (χ1) is 10.1. The van der Waals surface area contributed by atoms with Crippen LogP contribution in [-0.4, -0.2) is 23.1 Å². The molecule has 1 N–H and O–H groups in total. The molecule has 124 valence electrons. The summed E-state index contributed by atoms with van der Waals surface area (Å²) >= 11 is 0. The minimum Gasteiger partial charge on any atom is -0.481 e. The van der Waals surface area contributed by atoms with Gasteiger partial charge in [-0.2, -0.15) is 0 Å². The first kappa shape index (κ1) is 18.5. The minimum atomic E-state index is -0.983. The Labute approximate surface area is 133 Å². The van der Waals surface area contributed by atoms with E-state index >= 15 is 0 Å². The Morgan fingerprint density at radius 2 is 2.05 bits per heavy atom. The largest absolute Gasteiger partial charge is 0.481 e. The lowest BCUT2D eigenvalue weighted by Gasteiger charge is -2.28. The van der Waals surface area contributed by atoms with E-state index in [1.165, 1.54) is 5.57 Å². The van der Waals surface area contributed by atoms with Gasteiger partial charge in [0.05, 0.1) is 12.8 Å². The van der Waals surface area contributed by atoms with Crippen molar-refractivity contribution < 1.29 is 19.4 Å². The Bertz CT molecular complexity index is 473. The summed E-state index contributed by atoms with van der Waals surface area (Å²) in [6.07, 6.45) is 7.15. The Morgan fingerprint density at radius 3 is 2.55 bits per heavy atom. The fourth-order valence-electron chi connectivity index (χ4n) is 2.52. The molecule has 0 saturated heterocycles. The lowest BCUT2D eigenvalue weighted by atomic mass is 9.77. The molecule has 3 atom stereocenters. The van der Waals surface area contributed by atoms with Gasteiger partial charge in [-0.05, 0) is 31.6 Å². The number of hydrogen-bond acceptors (Lipinski definition) is 3. The van der Waals surface area contributed by atoms with E-state index in [1.54, 1.807) is 0 Å². The van der Waals surface area contributed by atoms with Gasteiger partial charge in [0.15, 0.2) is 0 Å². The molecule has 0 bridgehead atoms. The van der Waals surface area contributed by atoms with Gasteiger partial charge in [-0.3, -0.25) is 9.59 Å². The number of hydrogen-bond donors (Lipinski definition) is 1. The highest BCUT2D eigenvalue weighted by molar-refractivity contribution is 5.76. The monoisotopic (exact) mass is 308 g/mol. The molecule has 4 heteroatoms. The number of carboxylic acid groups (broad SMARTS) is 1. The van der Waals surface area contributed by atoms with Crippen LogP contribution in [0, 0.1) is 17.3 Å². The van der Waals surface area contributed by atoms with Crippen LogP contribution in [-0.2, 0) is 14.3 Å². The molecule has 0 aromatic rings. The van der Waals surface area contributed by atoms with Crippen molar-refractivity contribution in [3.8, 4) is 0 Å². The quantitative estimate of drug-likeness (QED) is 0.571.